The minimum atomic E-state index is -2.66. The Hall–Kier alpha value is -1.20. The lowest BCUT2D eigenvalue weighted by atomic mass is 9.86. The monoisotopic (exact) mass is 275 g/mol. The molecule has 2 rings (SSSR count). The number of hydrogen-bond acceptors (Lipinski definition) is 2. The molecule has 0 aromatic heterocycles. The van der Waals surface area contributed by atoms with Crippen LogP contribution < -0.4 is 0 Å². The molecule has 0 saturated heterocycles. The van der Waals surface area contributed by atoms with Gasteiger partial charge >= 0.3 is 5.97 Å². The molecule has 0 spiro atoms. The van der Waals surface area contributed by atoms with Crippen LogP contribution in [0.25, 0.3) is 0 Å². The molecule has 0 aromatic rings. The summed E-state index contributed by atoms with van der Waals surface area (Å²) in [4.78, 5) is 24.4. The van der Waals surface area contributed by atoms with Crippen LogP contribution in [0.3, 0.4) is 0 Å². The molecule has 6 heteroatoms. The fourth-order valence-electron chi connectivity index (χ4n) is 2.55. The van der Waals surface area contributed by atoms with E-state index in [1.807, 2.05) is 0 Å². The zero-order valence-corrected chi connectivity index (χ0v) is 10.8. The van der Waals surface area contributed by atoms with Gasteiger partial charge in [0.15, 0.2) is 0 Å². The maximum absolute atomic E-state index is 13.1. The molecule has 108 valence electrons. The SMILES string of the molecule is O=C(O)CN(CC1CC1)C(=O)C1CCC(F)(F)CC1. The van der Waals surface area contributed by atoms with Crippen LogP contribution in [0.4, 0.5) is 8.78 Å². The summed E-state index contributed by atoms with van der Waals surface area (Å²) in [5.41, 5.74) is 0. The minimum Gasteiger partial charge on any atom is -0.480 e. The van der Waals surface area contributed by atoms with Crippen molar-refractivity contribution in [3.8, 4) is 0 Å². The van der Waals surface area contributed by atoms with Crippen molar-refractivity contribution in [3.05, 3.63) is 0 Å². The average Bonchev–Trinajstić information content (AvgIpc) is 3.10. The zero-order chi connectivity index (χ0) is 14.0. The molecule has 2 fully saturated rings. The van der Waals surface area contributed by atoms with Gasteiger partial charge in [0.1, 0.15) is 6.54 Å². The smallest absolute Gasteiger partial charge is 0.323 e. The average molecular weight is 275 g/mol. The summed E-state index contributed by atoms with van der Waals surface area (Å²) in [6, 6.07) is 0. The Morgan fingerprint density at radius 2 is 1.74 bits per heavy atom. The van der Waals surface area contributed by atoms with Crippen LogP contribution in [-0.2, 0) is 9.59 Å². The summed E-state index contributed by atoms with van der Waals surface area (Å²) in [5.74, 6) is -4.00. The van der Waals surface area contributed by atoms with Gasteiger partial charge in [0.2, 0.25) is 11.8 Å². The van der Waals surface area contributed by atoms with Gasteiger partial charge in [0.05, 0.1) is 0 Å². The first-order chi connectivity index (χ1) is 8.87. The normalized spacial score (nSPS) is 23.1. The van der Waals surface area contributed by atoms with Crippen LogP contribution in [0.5, 0.6) is 0 Å². The first kappa shape index (κ1) is 14.2. The van der Waals surface area contributed by atoms with Gasteiger partial charge < -0.3 is 10.0 Å². The molecule has 0 aromatic carbocycles. The Morgan fingerprint density at radius 1 is 1.16 bits per heavy atom. The molecule has 19 heavy (non-hydrogen) atoms. The number of nitrogens with zero attached hydrogens (tertiary/aromatic N) is 1. The highest BCUT2D eigenvalue weighted by atomic mass is 19.3. The summed E-state index contributed by atoms with van der Waals surface area (Å²) < 4.78 is 26.1. The molecule has 0 heterocycles. The molecular weight excluding hydrogens is 256 g/mol. The van der Waals surface area contributed by atoms with E-state index in [0.29, 0.717) is 12.5 Å². The molecule has 0 aliphatic heterocycles. The van der Waals surface area contributed by atoms with Crippen LogP contribution in [0, 0.1) is 11.8 Å². The number of hydrogen-bond donors (Lipinski definition) is 1. The van der Waals surface area contributed by atoms with Crippen LogP contribution in [0.2, 0.25) is 0 Å². The van der Waals surface area contributed by atoms with Gasteiger partial charge in [-0.1, -0.05) is 0 Å². The summed E-state index contributed by atoms with van der Waals surface area (Å²) >= 11 is 0. The van der Waals surface area contributed by atoms with E-state index in [1.165, 1.54) is 4.90 Å². The number of rotatable bonds is 5. The number of alkyl halides is 2. The number of carboxylic acids is 1. The summed E-state index contributed by atoms with van der Waals surface area (Å²) in [5, 5.41) is 8.83. The Balaban J connectivity index is 1.92. The van der Waals surface area contributed by atoms with Crippen molar-refractivity contribution in [2.45, 2.75) is 44.4 Å². The Kier molecular flexibility index (Phi) is 4.06. The maximum atomic E-state index is 13.1. The van der Waals surface area contributed by atoms with Gasteiger partial charge in [0.25, 0.3) is 0 Å². The maximum Gasteiger partial charge on any atom is 0.323 e. The third-order valence-corrected chi connectivity index (χ3v) is 3.88. The number of carboxylic acid groups (broad SMARTS) is 1. The highest BCUT2D eigenvalue weighted by Crippen LogP contribution is 2.37. The van der Waals surface area contributed by atoms with E-state index in [2.05, 4.69) is 0 Å². The molecule has 4 nitrogen and oxygen atoms in total. The van der Waals surface area contributed by atoms with Crippen LogP contribution in [-0.4, -0.2) is 40.9 Å². The molecule has 1 N–H and O–H groups in total. The van der Waals surface area contributed by atoms with Gasteiger partial charge in [-0.3, -0.25) is 9.59 Å². The first-order valence-corrected chi connectivity index (χ1v) is 6.76. The second kappa shape index (κ2) is 5.43. The third-order valence-electron chi connectivity index (χ3n) is 3.88. The van der Waals surface area contributed by atoms with Crippen molar-refractivity contribution < 1.29 is 23.5 Å². The van der Waals surface area contributed by atoms with Crippen molar-refractivity contribution in [3.63, 3.8) is 0 Å². The lowest BCUT2D eigenvalue weighted by Crippen LogP contribution is -2.42. The summed E-state index contributed by atoms with van der Waals surface area (Å²) in [6.07, 6.45) is 1.82. The second-order valence-electron chi connectivity index (χ2n) is 5.69. The van der Waals surface area contributed by atoms with Crippen molar-refractivity contribution in [1.29, 1.82) is 0 Å². The molecule has 1 amide bonds. The minimum absolute atomic E-state index is 0.159. The quantitative estimate of drug-likeness (QED) is 0.836. The predicted octanol–water partition coefficient (Wildman–Crippen LogP) is 2.14. The fraction of sp³-hybridized carbons (Fsp3) is 0.846. The first-order valence-electron chi connectivity index (χ1n) is 6.76. The van der Waals surface area contributed by atoms with Gasteiger partial charge in [-0.05, 0) is 31.6 Å². The lowest BCUT2D eigenvalue weighted by molar-refractivity contribution is -0.148. The molecule has 0 radical (unpaired) electrons. The van der Waals surface area contributed by atoms with Crippen molar-refractivity contribution in [2.24, 2.45) is 11.8 Å². The third kappa shape index (κ3) is 4.14. The van der Waals surface area contributed by atoms with Gasteiger partial charge in [-0.25, -0.2) is 8.78 Å². The number of carbonyl (C=O) groups is 2. The van der Waals surface area contributed by atoms with E-state index >= 15 is 0 Å². The molecule has 0 bridgehead atoms. The van der Waals surface area contributed by atoms with Crippen molar-refractivity contribution in [2.75, 3.05) is 13.1 Å². The van der Waals surface area contributed by atoms with Crippen LogP contribution >= 0.6 is 0 Å². The predicted molar refractivity (Wildman–Crippen MR) is 63.8 cm³/mol. The standard InChI is InChI=1S/C13H19F2NO3/c14-13(15)5-3-10(4-6-13)12(19)16(8-11(17)18)7-9-1-2-9/h9-10H,1-8H2,(H,17,18). The van der Waals surface area contributed by atoms with E-state index < -0.39 is 17.8 Å². The largest absolute Gasteiger partial charge is 0.480 e. The van der Waals surface area contributed by atoms with Crippen molar-refractivity contribution >= 4 is 11.9 Å². The number of amides is 1. The molecule has 2 aliphatic rings. The van der Waals surface area contributed by atoms with E-state index in [-0.39, 0.29) is 38.1 Å². The Labute approximate surface area is 110 Å². The topological polar surface area (TPSA) is 57.6 Å². The van der Waals surface area contributed by atoms with Crippen LogP contribution in [0.1, 0.15) is 38.5 Å². The second-order valence-corrected chi connectivity index (χ2v) is 5.69. The van der Waals surface area contributed by atoms with Crippen molar-refractivity contribution in [1.82, 2.24) is 4.90 Å². The lowest BCUT2D eigenvalue weighted by Gasteiger charge is -2.31. The highest BCUT2D eigenvalue weighted by Gasteiger charge is 2.39. The summed E-state index contributed by atoms with van der Waals surface area (Å²) in [7, 11) is 0. The van der Waals surface area contributed by atoms with Gasteiger partial charge in [-0.15, -0.1) is 0 Å². The Morgan fingerprint density at radius 3 is 2.21 bits per heavy atom. The number of carbonyl (C=O) groups excluding carboxylic acids is 1. The number of halogens is 2. The molecule has 2 aliphatic carbocycles. The van der Waals surface area contributed by atoms with Crippen LogP contribution in [0.15, 0.2) is 0 Å². The van der Waals surface area contributed by atoms with Gasteiger partial charge in [-0.2, -0.15) is 0 Å². The van der Waals surface area contributed by atoms with Gasteiger partial charge in [0, 0.05) is 25.3 Å². The molecule has 0 unspecified atom stereocenters. The number of aliphatic carboxylic acids is 1. The fourth-order valence-corrected chi connectivity index (χ4v) is 2.55. The highest BCUT2D eigenvalue weighted by molar-refractivity contribution is 5.83. The molecule has 2 saturated carbocycles. The van der Waals surface area contributed by atoms with E-state index in [0.717, 1.165) is 12.8 Å². The Bertz CT molecular complexity index is 359. The van der Waals surface area contributed by atoms with E-state index in [1.54, 1.807) is 0 Å². The molecular formula is C13H19F2NO3. The zero-order valence-electron chi connectivity index (χ0n) is 10.8. The molecule has 0 atom stereocenters. The van der Waals surface area contributed by atoms with E-state index in [4.69, 9.17) is 5.11 Å². The van der Waals surface area contributed by atoms with E-state index in [9.17, 15) is 18.4 Å². The summed E-state index contributed by atoms with van der Waals surface area (Å²) in [6.45, 7) is 0.139.